The van der Waals surface area contributed by atoms with Crippen LogP contribution in [0.5, 0.6) is 0 Å². The molecule has 0 N–H and O–H groups in total. The minimum atomic E-state index is -0.523. The van der Waals surface area contributed by atoms with E-state index in [1.54, 1.807) is 9.80 Å². The van der Waals surface area contributed by atoms with Gasteiger partial charge in [-0.1, -0.05) is 0 Å². The summed E-state index contributed by atoms with van der Waals surface area (Å²) in [6.07, 6.45) is 1.44. The fourth-order valence-corrected chi connectivity index (χ4v) is 2.76. The van der Waals surface area contributed by atoms with Gasteiger partial charge in [0.05, 0.1) is 6.04 Å². The smallest absolute Gasteiger partial charge is 0.410 e. The van der Waals surface area contributed by atoms with Crippen LogP contribution in [-0.4, -0.2) is 58.5 Å². The molecular weight excluding hydrogens is 292 g/mol. The molecule has 0 aromatic carbocycles. The largest absolute Gasteiger partial charge is 0.444 e. The summed E-state index contributed by atoms with van der Waals surface area (Å²) in [5, 5.41) is 0. The van der Waals surface area contributed by atoms with Crippen LogP contribution in [0.15, 0.2) is 0 Å². The first kappa shape index (κ1) is 18.1. The van der Waals surface area contributed by atoms with Crippen molar-refractivity contribution in [2.75, 3.05) is 19.0 Å². The Morgan fingerprint density at radius 3 is 2.48 bits per heavy atom. The van der Waals surface area contributed by atoms with Gasteiger partial charge in [-0.15, -0.1) is 11.6 Å². The highest BCUT2D eigenvalue weighted by molar-refractivity contribution is 6.27. The Morgan fingerprint density at radius 1 is 1.38 bits per heavy atom. The second-order valence-corrected chi connectivity index (χ2v) is 7.02. The Morgan fingerprint density at radius 2 is 2.00 bits per heavy atom. The number of piperidine rings is 1. The summed E-state index contributed by atoms with van der Waals surface area (Å²) in [6, 6.07) is 0.0108. The Kier molecular flexibility index (Phi) is 6.32. The molecule has 0 aromatic heterocycles. The monoisotopic (exact) mass is 318 g/mol. The molecule has 1 fully saturated rings. The van der Waals surface area contributed by atoms with Crippen LogP contribution in [0.3, 0.4) is 0 Å². The van der Waals surface area contributed by atoms with Crippen LogP contribution >= 0.6 is 11.6 Å². The molecule has 0 aromatic rings. The lowest BCUT2D eigenvalue weighted by molar-refractivity contribution is -0.130. The van der Waals surface area contributed by atoms with E-state index in [0.29, 0.717) is 13.1 Å². The average Bonchev–Trinajstić information content (AvgIpc) is 2.35. The van der Waals surface area contributed by atoms with Gasteiger partial charge < -0.3 is 14.5 Å². The average molecular weight is 319 g/mol. The van der Waals surface area contributed by atoms with Gasteiger partial charge in [0, 0.05) is 19.1 Å². The lowest BCUT2D eigenvalue weighted by atomic mass is 10.0. The molecule has 0 aliphatic carbocycles. The SMILES string of the molecule is CC(C)N(C(=O)OC(C)(C)C)[C@H]1CCCN(C(=O)CCl)C1. The molecule has 0 radical (unpaired) electrons. The van der Waals surface area contributed by atoms with Gasteiger partial charge in [0.25, 0.3) is 0 Å². The molecule has 1 rings (SSSR count). The molecule has 0 saturated carbocycles. The van der Waals surface area contributed by atoms with Gasteiger partial charge in [-0.25, -0.2) is 4.79 Å². The zero-order valence-corrected chi connectivity index (χ0v) is 14.4. The van der Waals surface area contributed by atoms with Gasteiger partial charge in [-0.05, 0) is 47.5 Å². The summed E-state index contributed by atoms with van der Waals surface area (Å²) >= 11 is 5.63. The summed E-state index contributed by atoms with van der Waals surface area (Å²) in [6.45, 7) is 10.7. The van der Waals surface area contributed by atoms with Crippen molar-refractivity contribution in [1.29, 1.82) is 0 Å². The van der Waals surface area contributed by atoms with Crippen molar-refractivity contribution < 1.29 is 14.3 Å². The molecule has 6 heteroatoms. The highest BCUT2D eigenvalue weighted by Gasteiger charge is 2.34. The summed E-state index contributed by atoms with van der Waals surface area (Å²) in [4.78, 5) is 27.7. The number of carbonyl (C=O) groups excluding carboxylic acids is 2. The quantitative estimate of drug-likeness (QED) is 0.752. The second kappa shape index (κ2) is 7.34. The molecule has 2 amide bonds. The standard InChI is InChI=1S/C15H27ClN2O3/c1-11(2)18(14(20)21-15(3,4)5)12-7-6-8-17(10-12)13(19)9-16/h11-12H,6-10H2,1-5H3/t12-/m0/s1. The number of carbonyl (C=O) groups is 2. The van der Waals surface area contributed by atoms with E-state index < -0.39 is 5.60 Å². The van der Waals surface area contributed by atoms with Crippen LogP contribution in [-0.2, 0) is 9.53 Å². The van der Waals surface area contributed by atoms with Crippen molar-refractivity contribution in [1.82, 2.24) is 9.80 Å². The van der Waals surface area contributed by atoms with E-state index in [-0.39, 0.29) is 30.0 Å². The first-order valence-corrected chi connectivity index (χ1v) is 8.04. The topological polar surface area (TPSA) is 49.9 Å². The van der Waals surface area contributed by atoms with E-state index in [9.17, 15) is 9.59 Å². The van der Waals surface area contributed by atoms with Gasteiger partial charge in [-0.3, -0.25) is 4.79 Å². The van der Waals surface area contributed by atoms with Crippen LogP contribution in [0, 0.1) is 0 Å². The van der Waals surface area contributed by atoms with Crippen molar-refractivity contribution in [3.63, 3.8) is 0 Å². The third-order valence-electron chi connectivity index (χ3n) is 3.42. The van der Waals surface area contributed by atoms with Crippen molar-refractivity contribution in [3.05, 3.63) is 0 Å². The van der Waals surface area contributed by atoms with Crippen LogP contribution < -0.4 is 0 Å². The van der Waals surface area contributed by atoms with Gasteiger partial charge in [-0.2, -0.15) is 0 Å². The minimum absolute atomic E-state index is 0.0131. The van der Waals surface area contributed by atoms with E-state index in [1.165, 1.54) is 0 Å². The van der Waals surface area contributed by atoms with Gasteiger partial charge >= 0.3 is 6.09 Å². The van der Waals surface area contributed by atoms with Gasteiger partial charge in [0.15, 0.2) is 0 Å². The summed E-state index contributed by atoms with van der Waals surface area (Å²) in [7, 11) is 0. The van der Waals surface area contributed by atoms with E-state index in [2.05, 4.69) is 0 Å². The summed E-state index contributed by atoms with van der Waals surface area (Å²) < 4.78 is 5.49. The Balaban J connectivity index is 2.80. The van der Waals surface area contributed by atoms with Gasteiger partial charge in [0.1, 0.15) is 11.5 Å². The number of rotatable bonds is 3. The predicted molar refractivity (Wildman–Crippen MR) is 83.5 cm³/mol. The van der Waals surface area contributed by atoms with E-state index in [0.717, 1.165) is 12.8 Å². The van der Waals surface area contributed by atoms with Crippen LogP contribution in [0.25, 0.3) is 0 Å². The van der Waals surface area contributed by atoms with Crippen LogP contribution in [0.1, 0.15) is 47.5 Å². The number of likely N-dealkylation sites (tertiary alicyclic amines) is 1. The minimum Gasteiger partial charge on any atom is -0.444 e. The fourth-order valence-electron chi connectivity index (χ4n) is 2.59. The summed E-state index contributed by atoms with van der Waals surface area (Å²) in [5.74, 6) is -0.0878. The van der Waals surface area contributed by atoms with E-state index in [4.69, 9.17) is 16.3 Å². The lowest BCUT2D eigenvalue weighted by Gasteiger charge is -2.41. The third kappa shape index (κ3) is 5.38. The molecule has 1 saturated heterocycles. The molecule has 1 aliphatic rings. The van der Waals surface area contributed by atoms with E-state index >= 15 is 0 Å². The van der Waals surface area contributed by atoms with Crippen molar-refractivity contribution in [3.8, 4) is 0 Å². The van der Waals surface area contributed by atoms with Crippen molar-refractivity contribution >= 4 is 23.6 Å². The molecule has 1 atom stereocenters. The Hall–Kier alpha value is -0.970. The normalized spacial score (nSPS) is 19.6. The van der Waals surface area contributed by atoms with Crippen LogP contribution in [0.2, 0.25) is 0 Å². The highest BCUT2D eigenvalue weighted by atomic mass is 35.5. The molecule has 0 bridgehead atoms. The molecule has 122 valence electrons. The number of ether oxygens (including phenoxy) is 1. The van der Waals surface area contributed by atoms with Crippen molar-refractivity contribution in [2.45, 2.75) is 65.1 Å². The van der Waals surface area contributed by atoms with Crippen LogP contribution in [0.4, 0.5) is 4.79 Å². The fraction of sp³-hybridized carbons (Fsp3) is 0.867. The molecule has 0 spiro atoms. The molecule has 0 unspecified atom stereocenters. The second-order valence-electron chi connectivity index (χ2n) is 6.75. The number of nitrogens with zero attached hydrogens (tertiary/aromatic N) is 2. The zero-order valence-electron chi connectivity index (χ0n) is 13.7. The maximum absolute atomic E-state index is 12.4. The van der Waals surface area contributed by atoms with E-state index in [1.807, 2.05) is 34.6 Å². The third-order valence-corrected chi connectivity index (χ3v) is 3.65. The van der Waals surface area contributed by atoms with Gasteiger partial charge in [0.2, 0.25) is 5.91 Å². The Labute approximate surface area is 132 Å². The Bertz CT molecular complexity index is 380. The maximum Gasteiger partial charge on any atom is 0.410 e. The molecular formula is C15H27ClN2O3. The lowest BCUT2D eigenvalue weighted by Crippen LogP contribution is -2.55. The number of hydrogen-bond donors (Lipinski definition) is 0. The first-order valence-electron chi connectivity index (χ1n) is 7.50. The van der Waals surface area contributed by atoms with Crippen molar-refractivity contribution in [2.24, 2.45) is 0 Å². The molecule has 1 heterocycles. The zero-order chi connectivity index (χ0) is 16.2. The number of alkyl halides is 1. The highest BCUT2D eigenvalue weighted by Crippen LogP contribution is 2.21. The molecule has 1 aliphatic heterocycles. The first-order chi connectivity index (χ1) is 9.65. The predicted octanol–water partition coefficient (Wildman–Crippen LogP) is 2.86. The number of halogens is 1. The summed E-state index contributed by atoms with van der Waals surface area (Å²) in [5.41, 5.74) is -0.523. The molecule has 5 nitrogen and oxygen atoms in total. The maximum atomic E-state index is 12.4. The number of amides is 2. The molecule has 21 heavy (non-hydrogen) atoms. The number of hydrogen-bond acceptors (Lipinski definition) is 3.